The molecule has 0 N–H and O–H groups in total. The van der Waals surface area contributed by atoms with Crippen LogP contribution in [0.2, 0.25) is 0 Å². The molecule has 0 saturated heterocycles. The highest BCUT2D eigenvalue weighted by atomic mass is 35.9. The van der Waals surface area contributed by atoms with Gasteiger partial charge in [-0.15, -0.1) is 0 Å². The van der Waals surface area contributed by atoms with E-state index in [0.29, 0.717) is 0 Å². The van der Waals surface area contributed by atoms with Crippen LogP contribution in [0.1, 0.15) is 20.3 Å². The number of hydrogen-bond acceptors (Lipinski definition) is 3. The molecule has 3 nitrogen and oxygen atoms in total. The van der Waals surface area contributed by atoms with Crippen molar-refractivity contribution < 1.29 is 13.8 Å². The van der Waals surface area contributed by atoms with E-state index in [1.54, 1.807) is 13.2 Å². The van der Waals surface area contributed by atoms with Gasteiger partial charge in [0.1, 0.15) is 6.61 Å². The molecule has 1 unspecified atom stereocenters. The first-order valence-electron chi connectivity index (χ1n) is 3.90. The van der Waals surface area contributed by atoms with Gasteiger partial charge in [-0.25, -0.2) is 0 Å². The Bertz CT molecular complexity index is 202. The van der Waals surface area contributed by atoms with E-state index < -0.39 is 6.07 Å². The third-order valence-electron chi connectivity index (χ3n) is 1.06. The third kappa shape index (κ3) is 10.2. The topological polar surface area (TPSA) is 35.5 Å². The fourth-order valence-electron chi connectivity index (χ4n) is 0.595. The van der Waals surface area contributed by atoms with Gasteiger partial charge in [0, 0.05) is 0 Å². The molecule has 0 aromatic carbocycles. The van der Waals surface area contributed by atoms with Crippen LogP contribution in [0.5, 0.6) is 0 Å². The molecule has 0 fully saturated rings. The Labute approximate surface area is 88.0 Å². The lowest BCUT2D eigenvalue weighted by Gasteiger charge is -2.12. The van der Waals surface area contributed by atoms with Crippen molar-refractivity contribution in [3.05, 3.63) is 12.3 Å². The van der Waals surface area contributed by atoms with Crippen molar-refractivity contribution in [3.8, 4) is 0 Å². The van der Waals surface area contributed by atoms with Crippen LogP contribution in [0.4, 0.5) is 0 Å². The van der Waals surface area contributed by atoms with E-state index in [-0.39, 0.29) is 12.7 Å². The van der Waals surface area contributed by atoms with Crippen molar-refractivity contribution in [1.82, 2.24) is 0 Å². The molecule has 0 aromatic heterocycles. The van der Waals surface area contributed by atoms with Crippen LogP contribution in [0, 0.1) is 0 Å². The van der Waals surface area contributed by atoms with Crippen LogP contribution in [-0.2, 0) is 13.8 Å². The van der Waals surface area contributed by atoms with Gasteiger partial charge in [0.05, 0.1) is 12.4 Å². The molecule has 0 spiro atoms. The second kappa shape index (κ2) is 6.72. The average molecular weight is 247 g/mol. The summed E-state index contributed by atoms with van der Waals surface area (Å²) in [5, 5.41) is 0. The average Bonchev–Trinajstić information content (AvgIpc) is 1.94. The van der Waals surface area contributed by atoms with Crippen molar-refractivity contribution in [3.63, 3.8) is 0 Å². The molecule has 0 aliphatic carbocycles. The monoisotopic (exact) mass is 246 g/mol. The first-order chi connectivity index (χ1) is 5.95. The molecular formula is C7H13Cl2O3P. The summed E-state index contributed by atoms with van der Waals surface area (Å²) in [5.74, 6) is 0. The van der Waals surface area contributed by atoms with Gasteiger partial charge in [-0.1, -0.05) is 13.0 Å². The van der Waals surface area contributed by atoms with E-state index in [9.17, 15) is 4.57 Å². The molecule has 1 atom stereocenters. The van der Waals surface area contributed by atoms with Crippen LogP contribution in [0.3, 0.4) is 0 Å². The maximum Gasteiger partial charge on any atom is 0.380 e. The second-order valence-electron chi connectivity index (χ2n) is 2.44. The lowest BCUT2D eigenvalue weighted by molar-refractivity contribution is 0.123. The van der Waals surface area contributed by atoms with Crippen molar-refractivity contribution in [2.75, 3.05) is 6.61 Å². The first kappa shape index (κ1) is 13.3. The van der Waals surface area contributed by atoms with Crippen molar-refractivity contribution in [2.45, 2.75) is 26.4 Å². The molecule has 0 rings (SSSR count). The first-order valence-corrected chi connectivity index (χ1v) is 7.33. The van der Waals surface area contributed by atoms with Crippen LogP contribution in [0.15, 0.2) is 12.3 Å². The van der Waals surface area contributed by atoms with Crippen molar-refractivity contribution in [2.24, 2.45) is 0 Å². The minimum Gasteiger partial charge on any atom is -0.499 e. The Balaban J connectivity index is 3.58. The fourth-order valence-corrected chi connectivity index (χ4v) is 1.89. The third-order valence-corrected chi connectivity index (χ3v) is 2.15. The summed E-state index contributed by atoms with van der Waals surface area (Å²) in [5.41, 5.74) is 0. The zero-order valence-electron chi connectivity index (χ0n) is 7.57. The number of halogens is 2. The van der Waals surface area contributed by atoms with E-state index in [0.717, 1.165) is 6.42 Å². The maximum absolute atomic E-state index is 10.7. The zero-order chi connectivity index (χ0) is 10.3. The van der Waals surface area contributed by atoms with E-state index in [1.165, 1.54) is 0 Å². The van der Waals surface area contributed by atoms with Crippen LogP contribution >= 0.6 is 28.6 Å². The minimum absolute atomic E-state index is 0.278. The summed E-state index contributed by atoms with van der Waals surface area (Å²) >= 11 is 10.4. The summed E-state index contributed by atoms with van der Waals surface area (Å²) < 4.78 is 20.5. The van der Waals surface area contributed by atoms with Crippen molar-refractivity contribution >= 4 is 28.6 Å². The maximum atomic E-state index is 10.7. The Morgan fingerprint density at radius 1 is 1.54 bits per heavy atom. The molecule has 78 valence electrons. The van der Waals surface area contributed by atoms with Crippen LogP contribution < -0.4 is 0 Å². The predicted octanol–water partition coefficient (Wildman–Crippen LogP) is 3.92. The molecule has 0 amide bonds. The number of ether oxygens (including phenoxy) is 1. The van der Waals surface area contributed by atoms with Gasteiger partial charge in [0.15, 0.2) is 0 Å². The van der Waals surface area contributed by atoms with Crippen LogP contribution in [0.25, 0.3) is 0 Å². The number of hydrogen-bond donors (Lipinski definition) is 0. The molecule has 0 bridgehead atoms. The molecule has 0 aliphatic rings. The molecule has 0 aromatic rings. The Morgan fingerprint density at radius 2 is 2.15 bits per heavy atom. The Kier molecular flexibility index (Phi) is 6.88. The van der Waals surface area contributed by atoms with Gasteiger partial charge < -0.3 is 4.74 Å². The summed E-state index contributed by atoms with van der Waals surface area (Å²) in [6, 6.07) is 0. The molecule has 0 radical (unpaired) electrons. The summed E-state index contributed by atoms with van der Waals surface area (Å²) in [7, 11) is 0. The van der Waals surface area contributed by atoms with Crippen molar-refractivity contribution in [1.29, 1.82) is 0 Å². The largest absolute Gasteiger partial charge is 0.499 e. The van der Waals surface area contributed by atoms with E-state index in [4.69, 9.17) is 31.7 Å². The predicted molar refractivity (Wildman–Crippen MR) is 55.2 cm³/mol. The van der Waals surface area contributed by atoms with Gasteiger partial charge in [0.25, 0.3) is 0 Å². The second-order valence-corrected chi connectivity index (χ2v) is 6.67. The molecule has 13 heavy (non-hydrogen) atoms. The highest BCUT2D eigenvalue weighted by Gasteiger charge is 2.18. The molecule has 0 heterocycles. The van der Waals surface area contributed by atoms with Gasteiger partial charge in [-0.3, -0.25) is 9.09 Å². The van der Waals surface area contributed by atoms with Gasteiger partial charge in [-0.05, 0) is 35.8 Å². The summed E-state index contributed by atoms with van der Waals surface area (Å²) in [6.07, 6.45) is 0.495. The standard InChI is InChI=1S/C7H13Cl2O3P/c1-3-4-5-11-6-7(2)12-13(8,9)10/h4-5,7H,3,6H2,1-2H3. The van der Waals surface area contributed by atoms with Gasteiger partial charge >= 0.3 is 6.07 Å². The Morgan fingerprint density at radius 3 is 2.62 bits per heavy atom. The van der Waals surface area contributed by atoms with E-state index in [2.05, 4.69) is 0 Å². The molecule has 0 aliphatic heterocycles. The lowest BCUT2D eigenvalue weighted by Crippen LogP contribution is -2.10. The zero-order valence-corrected chi connectivity index (χ0v) is 9.98. The number of rotatable bonds is 6. The molecule has 0 saturated carbocycles. The SMILES string of the molecule is CCC=COCC(C)OP(=O)(Cl)Cl. The fraction of sp³-hybridized carbons (Fsp3) is 0.714. The highest BCUT2D eigenvalue weighted by molar-refractivity contribution is 8.05. The quantitative estimate of drug-likeness (QED) is 0.527. The van der Waals surface area contributed by atoms with Crippen LogP contribution in [-0.4, -0.2) is 12.7 Å². The molecular weight excluding hydrogens is 234 g/mol. The van der Waals surface area contributed by atoms with E-state index >= 15 is 0 Å². The number of allylic oxidation sites excluding steroid dienone is 1. The van der Waals surface area contributed by atoms with Gasteiger partial charge in [0.2, 0.25) is 0 Å². The highest BCUT2D eigenvalue weighted by Crippen LogP contribution is 2.58. The smallest absolute Gasteiger partial charge is 0.380 e. The molecule has 6 heteroatoms. The Hall–Kier alpha value is 0.310. The summed E-state index contributed by atoms with van der Waals surface area (Å²) in [6.45, 7) is 3.95. The lowest BCUT2D eigenvalue weighted by atomic mass is 10.4. The minimum atomic E-state index is -3.44. The summed E-state index contributed by atoms with van der Waals surface area (Å²) in [4.78, 5) is 0. The van der Waals surface area contributed by atoms with E-state index in [1.807, 2.05) is 13.0 Å². The van der Waals surface area contributed by atoms with Gasteiger partial charge in [-0.2, -0.15) is 0 Å². The normalized spacial score (nSPS) is 14.8.